The number of carbonyl (C=O) groups excluding carboxylic acids is 1. The zero-order valence-electron chi connectivity index (χ0n) is 15.9. The molecule has 0 fully saturated rings. The number of nitro groups is 1. The van der Waals surface area contributed by atoms with E-state index in [1.807, 2.05) is 32.0 Å². The number of anilines is 1. The van der Waals surface area contributed by atoms with Gasteiger partial charge in [0.05, 0.1) is 18.1 Å². The van der Waals surface area contributed by atoms with Crippen molar-refractivity contribution in [3.05, 3.63) is 57.6 Å². The molecule has 0 spiro atoms. The Balaban J connectivity index is 1.81. The first-order valence-corrected chi connectivity index (χ1v) is 9.16. The van der Waals surface area contributed by atoms with Crippen LogP contribution in [0.15, 0.2) is 36.4 Å². The molecule has 0 atom stereocenters. The van der Waals surface area contributed by atoms with Gasteiger partial charge >= 0.3 is 0 Å². The topological polar surface area (TPSA) is 103 Å². The van der Waals surface area contributed by atoms with Gasteiger partial charge in [-0.2, -0.15) is 0 Å². The predicted octanol–water partition coefficient (Wildman–Crippen LogP) is 3.51. The number of hydrogen-bond acceptors (Lipinski definition) is 6. The Morgan fingerprint density at radius 3 is 2.75 bits per heavy atom. The highest BCUT2D eigenvalue weighted by Crippen LogP contribution is 2.34. The van der Waals surface area contributed by atoms with Crippen molar-refractivity contribution in [3.63, 3.8) is 0 Å². The van der Waals surface area contributed by atoms with Gasteiger partial charge in [-0.15, -0.1) is 0 Å². The van der Waals surface area contributed by atoms with Gasteiger partial charge in [-0.3, -0.25) is 14.9 Å². The quantitative estimate of drug-likeness (QED) is 0.583. The van der Waals surface area contributed by atoms with E-state index in [-0.39, 0.29) is 23.2 Å². The van der Waals surface area contributed by atoms with Crippen LogP contribution >= 0.6 is 0 Å². The number of para-hydroxylation sites is 1. The molecule has 2 aromatic rings. The fraction of sp³-hybridized carbons (Fsp3) is 0.350. The number of nitro benzene ring substituents is 1. The Labute approximate surface area is 163 Å². The lowest BCUT2D eigenvalue weighted by Gasteiger charge is -2.14. The van der Waals surface area contributed by atoms with E-state index in [0.29, 0.717) is 36.9 Å². The van der Waals surface area contributed by atoms with E-state index in [0.717, 1.165) is 12.0 Å². The third-order valence-electron chi connectivity index (χ3n) is 4.20. The van der Waals surface area contributed by atoms with E-state index in [9.17, 15) is 14.9 Å². The first-order valence-electron chi connectivity index (χ1n) is 9.16. The summed E-state index contributed by atoms with van der Waals surface area (Å²) in [6.07, 6.45) is 0.799. The number of ether oxygens (including phenoxy) is 2. The number of nitrogens with zero attached hydrogens (tertiary/aromatic N) is 1. The molecule has 0 aliphatic carbocycles. The molecule has 0 bridgehead atoms. The SMILES string of the molecule is CC(C)NC(=O)c1ccc(NCc2cccc3c2OCCCO3)c([N+](=O)[O-])c1. The monoisotopic (exact) mass is 385 g/mol. The highest BCUT2D eigenvalue weighted by molar-refractivity contribution is 5.95. The minimum atomic E-state index is -0.500. The molecule has 2 aromatic carbocycles. The number of nitrogens with one attached hydrogen (secondary N) is 2. The van der Waals surface area contributed by atoms with Gasteiger partial charge < -0.3 is 20.1 Å². The third kappa shape index (κ3) is 4.51. The number of fused-ring (bicyclic) bond motifs is 1. The summed E-state index contributed by atoms with van der Waals surface area (Å²) in [6.45, 7) is 5.14. The van der Waals surface area contributed by atoms with Gasteiger partial charge in [0.25, 0.3) is 11.6 Å². The van der Waals surface area contributed by atoms with Gasteiger partial charge in [-0.1, -0.05) is 12.1 Å². The minimum Gasteiger partial charge on any atom is -0.490 e. The van der Waals surface area contributed by atoms with Gasteiger partial charge in [0, 0.05) is 36.2 Å². The maximum Gasteiger partial charge on any atom is 0.293 e. The standard InChI is InChI=1S/C20H23N3O5/c1-13(2)22-20(24)14-7-8-16(17(11-14)23(25)26)21-12-15-5-3-6-18-19(15)28-10-4-9-27-18/h3,5-8,11,13,21H,4,9-10,12H2,1-2H3,(H,22,24). The van der Waals surface area contributed by atoms with Crippen LogP contribution in [0.1, 0.15) is 36.2 Å². The minimum absolute atomic E-state index is 0.0556. The van der Waals surface area contributed by atoms with Crippen molar-refractivity contribution in [1.82, 2.24) is 5.32 Å². The van der Waals surface area contributed by atoms with Crippen molar-refractivity contribution < 1.29 is 19.2 Å². The average Bonchev–Trinajstić information content (AvgIpc) is 2.91. The van der Waals surface area contributed by atoms with Crippen LogP contribution in [0, 0.1) is 10.1 Å². The summed E-state index contributed by atoms with van der Waals surface area (Å²) in [4.78, 5) is 23.1. The normalized spacial score (nSPS) is 13.0. The van der Waals surface area contributed by atoms with Crippen LogP contribution in [-0.2, 0) is 6.54 Å². The molecule has 1 aliphatic heterocycles. The molecular weight excluding hydrogens is 362 g/mol. The maximum absolute atomic E-state index is 12.1. The van der Waals surface area contributed by atoms with Crippen LogP contribution < -0.4 is 20.1 Å². The van der Waals surface area contributed by atoms with Gasteiger partial charge in [0.1, 0.15) is 5.69 Å². The van der Waals surface area contributed by atoms with Crippen molar-refractivity contribution >= 4 is 17.3 Å². The van der Waals surface area contributed by atoms with Crippen molar-refractivity contribution in [2.24, 2.45) is 0 Å². The second kappa shape index (κ2) is 8.60. The van der Waals surface area contributed by atoms with E-state index in [2.05, 4.69) is 10.6 Å². The molecule has 0 radical (unpaired) electrons. The fourth-order valence-electron chi connectivity index (χ4n) is 2.90. The predicted molar refractivity (Wildman–Crippen MR) is 105 cm³/mol. The first kappa shape index (κ1) is 19.5. The number of amides is 1. The number of rotatable bonds is 6. The van der Waals surface area contributed by atoms with E-state index in [1.54, 1.807) is 12.1 Å². The summed E-state index contributed by atoms with van der Waals surface area (Å²) in [6, 6.07) is 9.93. The molecule has 148 valence electrons. The van der Waals surface area contributed by atoms with Crippen LogP contribution in [0.4, 0.5) is 11.4 Å². The Kier molecular flexibility index (Phi) is 5.98. The Morgan fingerprint density at radius 1 is 1.21 bits per heavy atom. The zero-order valence-corrected chi connectivity index (χ0v) is 15.9. The zero-order chi connectivity index (χ0) is 20.1. The molecule has 0 unspecified atom stereocenters. The molecule has 2 N–H and O–H groups in total. The van der Waals surface area contributed by atoms with E-state index in [4.69, 9.17) is 9.47 Å². The molecular formula is C20H23N3O5. The molecule has 1 amide bonds. The fourth-order valence-corrected chi connectivity index (χ4v) is 2.90. The van der Waals surface area contributed by atoms with Crippen molar-refractivity contribution in [1.29, 1.82) is 0 Å². The van der Waals surface area contributed by atoms with Crippen LogP contribution in [0.3, 0.4) is 0 Å². The van der Waals surface area contributed by atoms with Gasteiger partial charge in [-0.25, -0.2) is 0 Å². The van der Waals surface area contributed by atoms with Crippen molar-refractivity contribution in [3.8, 4) is 11.5 Å². The smallest absolute Gasteiger partial charge is 0.293 e. The Hall–Kier alpha value is -3.29. The summed E-state index contributed by atoms with van der Waals surface area (Å²) in [7, 11) is 0. The molecule has 1 aliphatic rings. The summed E-state index contributed by atoms with van der Waals surface area (Å²) in [5.74, 6) is 0.985. The lowest BCUT2D eigenvalue weighted by Crippen LogP contribution is -2.30. The van der Waals surface area contributed by atoms with E-state index >= 15 is 0 Å². The summed E-state index contributed by atoms with van der Waals surface area (Å²) < 4.78 is 11.5. The van der Waals surface area contributed by atoms with Crippen LogP contribution in [0.5, 0.6) is 11.5 Å². The van der Waals surface area contributed by atoms with Gasteiger partial charge in [-0.05, 0) is 32.0 Å². The van der Waals surface area contributed by atoms with E-state index < -0.39 is 4.92 Å². The Morgan fingerprint density at radius 2 is 2.00 bits per heavy atom. The summed E-state index contributed by atoms with van der Waals surface area (Å²) in [5.41, 5.74) is 1.26. The molecule has 0 saturated carbocycles. The lowest BCUT2D eigenvalue weighted by atomic mass is 10.1. The number of carbonyl (C=O) groups is 1. The van der Waals surface area contributed by atoms with Crippen LogP contribution in [-0.4, -0.2) is 30.1 Å². The van der Waals surface area contributed by atoms with Crippen LogP contribution in [0.25, 0.3) is 0 Å². The lowest BCUT2D eigenvalue weighted by molar-refractivity contribution is -0.384. The number of benzene rings is 2. The largest absolute Gasteiger partial charge is 0.490 e. The molecule has 28 heavy (non-hydrogen) atoms. The van der Waals surface area contributed by atoms with Crippen LogP contribution in [0.2, 0.25) is 0 Å². The highest BCUT2D eigenvalue weighted by Gasteiger charge is 2.19. The van der Waals surface area contributed by atoms with Crippen molar-refractivity contribution in [2.45, 2.75) is 32.9 Å². The summed E-state index contributed by atoms with van der Waals surface area (Å²) >= 11 is 0. The first-order chi connectivity index (χ1) is 13.5. The average molecular weight is 385 g/mol. The molecule has 0 saturated heterocycles. The molecule has 0 aromatic heterocycles. The van der Waals surface area contributed by atoms with E-state index in [1.165, 1.54) is 6.07 Å². The second-order valence-corrected chi connectivity index (χ2v) is 6.77. The molecule has 3 rings (SSSR count). The van der Waals surface area contributed by atoms with Gasteiger partial charge in [0.2, 0.25) is 0 Å². The highest BCUT2D eigenvalue weighted by atomic mass is 16.6. The maximum atomic E-state index is 12.1. The molecule has 8 nitrogen and oxygen atoms in total. The third-order valence-corrected chi connectivity index (χ3v) is 4.20. The second-order valence-electron chi connectivity index (χ2n) is 6.77. The van der Waals surface area contributed by atoms with Gasteiger partial charge in [0.15, 0.2) is 11.5 Å². The Bertz CT molecular complexity index is 882. The summed E-state index contributed by atoms with van der Waals surface area (Å²) in [5, 5.41) is 17.3. The molecule has 8 heteroatoms. The van der Waals surface area contributed by atoms with Crippen molar-refractivity contribution in [2.75, 3.05) is 18.5 Å². The number of hydrogen-bond donors (Lipinski definition) is 2. The molecule has 1 heterocycles.